The zero-order chi connectivity index (χ0) is 11.5. The lowest BCUT2D eigenvalue weighted by atomic mass is 10.4. The Balaban J connectivity index is 0.000000423. The second kappa shape index (κ2) is 9.30. The summed E-state index contributed by atoms with van der Waals surface area (Å²) < 4.78 is 0. The molecule has 1 aromatic carbocycles. The van der Waals surface area contributed by atoms with Crippen molar-refractivity contribution in [3.63, 3.8) is 0 Å². The number of carboxylic acid groups (broad SMARTS) is 1. The van der Waals surface area contributed by atoms with Gasteiger partial charge in [-0.15, -0.1) is 0 Å². The van der Waals surface area contributed by atoms with Gasteiger partial charge in [0.05, 0.1) is 6.61 Å². The smallest absolute Gasteiger partial charge is 0.300 e. The number of thioether (sulfide) groups is 1. The lowest BCUT2D eigenvalue weighted by molar-refractivity contribution is -0.134. The summed E-state index contributed by atoms with van der Waals surface area (Å²) in [6.07, 6.45) is 1.72. The molecule has 0 aromatic heterocycles. The number of aliphatic hydroxyl groups is 1. The minimum absolute atomic E-state index is 0.111. The van der Waals surface area contributed by atoms with Gasteiger partial charge in [0.2, 0.25) is 0 Å². The Labute approximate surface area is 93.4 Å². The molecule has 0 saturated carbocycles. The molecule has 1 aromatic rings. The van der Waals surface area contributed by atoms with Crippen LogP contribution in [0.2, 0.25) is 0 Å². The molecule has 15 heavy (non-hydrogen) atoms. The monoisotopic (exact) mass is 226 g/mol. The van der Waals surface area contributed by atoms with Crippen LogP contribution in [-0.4, -0.2) is 22.8 Å². The van der Waals surface area contributed by atoms with E-state index in [-0.39, 0.29) is 6.61 Å². The molecule has 4 heteroatoms. The van der Waals surface area contributed by atoms with Gasteiger partial charge in [-0.05, 0) is 17.5 Å². The molecule has 0 amide bonds. The fraction of sp³-hybridized carbons (Fsp3) is 0.182. The SMILES string of the molecule is CC(=O)O.OCC=CSc1ccccc1. The standard InChI is InChI=1S/C9H10OS.C2H4O2/c10-7-4-8-11-9-5-2-1-3-6-9;1-2(3)4/h1-6,8,10H,7H2;1H3,(H,3,4). The molecule has 3 nitrogen and oxygen atoms in total. The molecule has 0 aliphatic heterocycles. The molecule has 0 bridgehead atoms. The fourth-order valence-electron chi connectivity index (χ4n) is 0.669. The first-order valence-electron chi connectivity index (χ1n) is 4.34. The Kier molecular flexibility index (Phi) is 8.52. The van der Waals surface area contributed by atoms with Crippen LogP contribution in [0.3, 0.4) is 0 Å². The van der Waals surface area contributed by atoms with Crippen molar-refractivity contribution in [1.82, 2.24) is 0 Å². The lowest BCUT2D eigenvalue weighted by Gasteiger charge is -1.92. The minimum atomic E-state index is -0.833. The zero-order valence-corrected chi connectivity index (χ0v) is 9.28. The summed E-state index contributed by atoms with van der Waals surface area (Å²) in [5.41, 5.74) is 0. The van der Waals surface area contributed by atoms with Gasteiger partial charge in [-0.2, -0.15) is 0 Å². The number of aliphatic hydroxyl groups excluding tert-OH is 1. The Bertz CT molecular complexity index is 292. The highest BCUT2D eigenvalue weighted by atomic mass is 32.2. The van der Waals surface area contributed by atoms with Crippen molar-refractivity contribution >= 4 is 17.7 Å². The maximum Gasteiger partial charge on any atom is 0.300 e. The summed E-state index contributed by atoms with van der Waals surface area (Å²) in [4.78, 5) is 10.2. The minimum Gasteiger partial charge on any atom is -0.481 e. The van der Waals surface area contributed by atoms with E-state index >= 15 is 0 Å². The third-order valence-corrected chi connectivity index (χ3v) is 2.02. The number of benzene rings is 1. The Morgan fingerprint density at radius 3 is 2.40 bits per heavy atom. The third-order valence-electron chi connectivity index (χ3n) is 1.15. The first kappa shape index (κ1) is 13.7. The highest BCUT2D eigenvalue weighted by molar-refractivity contribution is 8.02. The molecule has 0 radical (unpaired) electrons. The Morgan fingerprint density at radius 1 is 1.40 bits per heavy atom. The first-order valence-corrected chi connectivity index (χ1v) is 5.22. The number of carboxylic acids is 1. The second-order valence-electron chi connectivity index (χ2n) is 2.50. The van der Waals surface area contributed by atoms with Gasteiger partial charge in [0.1, 0.15) is 0 Å². The maximum atomic E-state index is 9.00. The Morgan fingerprint density at radius 2 is 1.93 bits per heavy atom. The van der Waals surface area contributed by atoms with Crippen molar-refractivity contribution in [1.29, 1.82) is 0 Å². The van der Waals surface area contributed by atoms with E-state index in [4.69, 9.17) is 15.0 Å². The molecule has 0 heterocycles. The highest BCUT2D eigenvalue weighted by Gasteiger charge is 1.84. The molecular formula is C11H14O3S. The van der Waals surface area contributed by atoms with Gasteiger partial charge in [0, 0.05) is 11.8 Å². The molecule has 82 valence electrons. The van der Waals surface area contributed by atoms with Gasteiger partial charge >= 0.3 is 0 Å². The predicted octanol–water partition coefficient (Wildman–Crippen LogP) is 2.38. The van der Waals surface area contributed by atoms with Crippen LogP contribution < -0.4 is 0 Å². The number of hydrogen-bond acceptors (Lipinski definition) is 3. The van der Waals surface area contributed by atoms with Crippen molar-refractivity contribution in [2.75, 3.05) is 6.61 Å². The zero-order valence-electron chi connectivity index (χ0n) is 8.46. The molecule has 0 aliphatic rings. The van der Waals surface area contributed by atoms with Gasteiger partial charge in [0.25, 0.3) is 5.97 Å². The van der Waals surface area contributed by atoms with E-state index in [1.54, 1.807) is 17.8 Å². The van der Waals surface area contributed by atoms with Crippen LogP contribution in [-0.2, 0) is 4.79 Å². The molecule has 0 atom stereocenters. The van der Waals surface area contributed by atoms with E-state index in [1.807, 2.05) is 35.7 Å². The quantitative estimate of drug-likeness (QED) is 0.777. The number of rotatable bonds is 3. The van der Waals surface area contributed by atoms with Crippen LogP contribution >= 0.6 is 11.8 Å². The van der Waals surface area contributed by atoms with Gasteiger partial charge in [0.15, 0.2) is 0 Å². The largest absolute Gasteiger partial charge is 0.481 e. The van der Waals surface area contributed by atoms with E-state index in [0.29, 0.717) is 0 Å². The molecule has 0 unspecified atom stereocenters. The first-order chi connectivity index (χ1) is 7.16. The molecule has 0 fully saturated rings. The number of aliphatic carboxylic acids is 1. The van der Waals surface area contributed by atoms with Crippen molar-refractivity contribution in [2.24, 2.45) is 0 Å². The van der Waals surface area contributed by atoms with Gasteiger partial charge in [-0.25, -0.2) is 0 Å². The predicted molar refractivity (Wildman–Crippen MR) is 61.8 cm³/mol. The second-order valence-corrected chi connectivity index (χ2v) is 3.48. The van der Waals surface area contributed by atoms with E-state index in [2.05, 4.69) is 0 Å². The summed E-state index contributed by atoms with van der Waals surface area (Å²) >= 11 is 1.60. The van der Waals surface area contributed by atoms with E-state index < -0.39 is 5.97 Å². The van der Waals surface area contributed by atoms with Crippen LogP contribution in [0.4, 0.5) is 0 Å². The van der Waals surface area contributed by atoms with Crippen LogP contribution in [0.15, 0.2) is 46.7 Å². The van der Waals surface area contributed by atoms with Crippen LogP contribution in [0.1, 0.15) is 6.92 Å². The lowest BCUT2D eigenvalue weighted by Crippen LogP contribution is -1.78. The van der Waals surface area contributed by atoms with Gasteiger partial charge in [-0.3, -0.25) is 4.79 Å². The van der Waals surface area contributed by atoms with E-state index in [1.165, 1.54) is 4.90 Å². The summed E-state index contributed by atoms with van der Waals surface area (Å²) in [6.45, 7) is 1.19. The number of carbonyl (C=O) groups is 1. The highest BCUT2D eigenvalue weighted by Crippen LogP contribution is 2.17. The molecule has 0 saturated heterocycles. The van der Waals surface area contributed by atoms with Crippen LogP contribution in [0.25, 0.3) is 0 Å². The average molecular weight is 226 g/mol. The van der Waals surface area contributed by atoms with Crippen LogP contribution in [0, 0.1) is 0 Å². The van der Waals surface area contributed by atoms with Gasteiger partial charge in [-0.1, -0.05) is 36.0 Å². The molecule has 0 spiro atoms. The van der Waals surface area contributed by atoms with Crippen molar-refractivity contribution in [3.05, 3.63) is 41.8 Å². The topological polar surface area (TPSA) is 57.5 Å². The van der Waals surface area contributed by atoms with Crippen molar-refractivity contribution in [3.8, 4) is 0 Å². The average Bonchev–Trinajstić information content (AvgIpc) is 2.19. The molecule has 0 aliphatic carbocycles. The fourth-order valence-corrected chi connectivity index (χ4v) is 1.32. The molecule has 2 N–H and O–H groups in total. The number of hydrogen-bond donors (Lipinski definition) is 2. The van der Waals surface area contributed by atoms with E-state index in [0.717, 1.165) is 6.92 Å². The normalized spacial score (nSPS) is 9.47. The Hall–Kier alpha value is -1.26. The van der Waals surface area contributed by atoms with E-state index in [9.17, 15) is 0 Å². The van der Waals surface area contributed by atoms with Crippen molar-refractivity contribution in [2.45, 2.75) is 11.8 Å². The summed E-state index contributed by atoms with van der Waals surface area (Å²) in [5, 5.41) is 17.7. The summed E-state index contributed by atoms with van der Waals surface area (Å²) in [6, 6.07) is 10.0. The third kappa shape index (κ3) is 10.7. The molecular weight excluding hydrogens is 212 g/mol. The summed E-state index contributed by atoms with van der Waals surface area (Å²) in [5.74, 6) is -0.833. The molecule has 1 rings (SSSR count). The van der Waals surface area contributed by atoms with Crippen molar-refractivity contribution < 1.29 is 15.0 Å². The van der Waals surface area contributed by atoms with Crippen LogP contribution in [0.5, 0.6) is 0 Å². The summed E-state index contributed by atoms with van der Waals surface area (Å²) in [7, 11) is 0. The maximum absolute atomic E-state index is 9.00. The van der Waals surface area contributed by atoms with Gasteiger partial charge < -0.3 is 10.2 Å².